The minimum atomic E-state index is -4.29. The number of benzene rings is 1. The molecule has 0 aliphatic carbocycles. The average molecular weight is 300 g/mol. The molecular weight excluding hydrogens is 285 g/mol. The van der Waals surface area contributed by atoms with Crippen LogP contribution in [0.4, 0.5) is 13.2 Å². The zero-order valence-corrected chi connectivity index (χ0v) is 11.8. The highest BCUT2D eigenvalue weighted by Gasteiger charge is 2.30. The van der Waals surface area contributed by atoms with Gasteiger partial charge in [0.2, 0.25) is 0 Å². The van der Waals surface area contributed by atoms with Crippen molar-refractivity contribution in [2.75, 3.05) is 0 Å². The monoisotopic (exact) mass is 300 g/mol. The van der Waals surface area contributed by atoms with Crippen LogP contribution < -0.4 is 5.32 Å². The fraction of sp³-hybridized carbons (Fsp3) is 0.357. The van der Waals surface area contributed by atoms with E-state index in [0.717, 1.165) is 17.5 Å². The number of rotatable bonds is 5. The Morgan fingerprint density at radius 1 is 1.25 bits per heavy atom. The quantitative estimate of drug-likeness (QED) is 0.902. The maximum absolute atomic E-state index is 12.6. The molecule has 1 heterocycles. The molecule has 0 aliphatic heterocycles. The average Bonchev–Trinajstić information content (AvgIpc) is 2.86. The lowest BCUT2D eigenvalue weighted by Gasteiger charge is -2.09. The van der Waals surface area contributed by atoms with Crippen LogP contribution in [0.15, 0.2) is 30.5 Å². The second kappa shape index (κ2) is 6.37. The fourth-order valence-corrected chi connectivity index (χ4v) is 2.60. The summed E-state index contributed by atoms with van der Waals surface area (Å²) in [7, 11) is 0. The van der Waals surface area contributed by atoms with Crippen LogP contribution in [0.2, 0.25) is 0 Å². The Bertz CT molecular complexity index is 564. The molecule has 0 amide bonds. The molecule has 2 rings (SSSR count). The van der Waals surface area contributed by atoms with Crippen LogP contribution in [0.1, 0.15) is 27.9 Å². The van der Waals surface area contributed by atoms with E-state index in [4.69, 9.17) is 0 Å². The number of hydrogen-bond donors (Lipinski definition) is 1. The van der Waals surface area contributed by atoms with Gasteiger partial charge >= 0.3 is 6.18 Å². The smallest absolute Gasteiger partial charge is 0.306 e. The van der Waals surface area contributed by atoms with Crippen LogP contribution in [0.3, 0.4) is 0 Å². The van der Waals surface area contributed by atoms with Crippen molar-refractivity contribution in [3.63, 3.8) is 0 Å². The van der Waals surface area contributed by atoms with Gasteiger partial charge < -0.3 is 5.32 Å². The first-order valence-electron chi connectivity index (χ1n) is 6.29. The van der Waals surface area contributed by atoms with E-state index < -0.39 is 11.7 Å². The van der Waals surface area contributed by atoms with Crippen LogP contribution in [-0.4, -0.2) is 4.98 Å². The third kappa shape index (κ3) is 4.05. The standard InChI is InChI=1S/C14H15F3N2S/c1-2-12-8-19-13(20-12)9-18-7-10-4-3-5-11(6-10)14(15,16)17/h3-6,8,18H,2,7,9H2,1H3. The lowest BCUT2D eigenvalue weighted by molar-refractivity contribution is -0.137. The normalized spacial score (nSPS) is 11.8. The summed E-state index contributed by atoms with van der Waals surface area (Å²) in [4.78, 5) is 5.46. The molecule has 0 unspecified atom stereocenters. The Hall–Kier alpha value is -1.40. The van der Waals surface area contributed by atoms with Gasteiger partial charge in [-0.15, -0.1) is 11.3 Å². The van der Waals surface area contributed by atoms with E-state index in [1.807, 2.05) is 6.20 Å². The van der Waals surface area contributed by atoms with Gasteiger partial charge in [-0.25, -0.2) is 4.98 Å². The summed E-state index contributed by atoms with van der Waals surface area (Å²) in [5, 5.41) is 4.07. The molecule has 0 saturated heterocycles. The van der Waals surface area contributed by atoms with Crippen LogP contribution in [0.5, 0.6) is 0 Å². The summed E-state index contributed by atoms with van der Waals surface area (Å²) in [5.41, 5.74) is 0.00594. The minimum absolute atomic E-state index is 0.394. The first-order chi connectivity index (χ1) is 9.49. The molecular formula is C14H15F3N2S. The number of hydrogen-bond acceptors (Lipinski definition) is 3. The van der Waals surface area contributed by atoms with E-state index in [0.29, 0.717) is 18.7 Å². The van der Waals surface area contributed by atoms with E-state index in [1.165, 1.54) is 17.0 Å². The van der Waals surface area contributed by atoms with Crippen LogP contribution in [0, 0.1) is 0 Å². The highest BCUT2D eigenvalue weighted by molar-refractivity contribution is 7.11. The van der Waals surface area contributed by atoms with Gasteiger partial charge in [0.1, 0.15) is 5.01 Å². The predicted octanol–water partition coefficient (Wildman–Crippen LogP) is 4.01. The number of halogens is 3. The molecule has 108 valence electrons. The summed E-state index contributed by atoms with van der Waals surface area (Å²) >= 11 is 1.62. The van der Waals surface area contributed by atoms with Gasteiger partial charge in [0.05, 0.1) is 5.56 Å². The maximum atomic E-state index is 12.6. The third-order valence-corrected chi connectivity index (χ3v) is 3.95. The summed E-state index contributed by atoms with van der Waals surface area (Å²) < 4.78 is 37.7. The molecule has 6 heteroatoms. The van der Waals surface area contributed by atoms with E-state index in [9.17, 15) is 13.2 Å². The van der Waals surface area contributed by atoms with Crippen molar-refractivity contribution in [2.24, 2.45) is 0 Å². The van der Waals surface area contributed by atoms with Crippen molar-refractivity contribution in [2.45, 2.75) is 32.6 Å². The van der Waals surface area contributed by atoms with Gasteiger partial charge in [-0.1, -0.05) is 25.1 Å². The topological polar surface area (TPSA) is 24.9 Å². The highest BCUT2D eigenvalue weighted by atomic mass is 32.1. The van der Waals surface area contributed by atoms with Crippen molar-refractivity contribution < 1.29 is 13.2 Å². The number of nitrogens with zero attached hydrogens (tertiary/aromatic N) is 1. The molecule has 0 atom stereocenters. The molecule has 0 bridgehead atoms. The van der Waals surface area contributed by atoms with E-state index >= 15 is 0 Å². The summed E-state index contributed by atoms with van der Waals surface area (Å²) in [5.74, 6) is 0. The zero-order valence-electron chi connectivity index (χ0n) is 11.0. The first kappa shape index (κ1) is 15.0. The van der Waals surface area contributed by atoms with Crippen molar-refractivity contribution >= 4 is 11.3 Å². The van der Waals surface area contributed by atoms with Gasteiger partial charge in [0, 0.05) is 24.2 Å². The molecule has 0 radical (unpaired) electrons. The van der Waals surface area contributed by atoms with Crippen molar-refractivity contribution in [1.29, 1.82) is 0 Å². The molecule has 20 heavy (non-hydrogen) atoms. The number of alkyl halides is 3. The summed E-state index contributed by atoms with van der Waals surface area (Å²) in [6, 6.07) is 5.37. The highest BCUT2D eigenvalue weighted by Crippen LogP contribution is 2.29. The Balaban J connectivity index is 1.91. The van der Waals surface area contributed by atoms with Gasteiger partial charge in [-0.05, 0) is 18.1 Å². The van der Waals surface area contributed by atoms with Crippen molar-refractivity contribution in [3.05, 3.63) is 51.5 Å². The molecule has 1 N–H and O–H groups in total. The lowest BCUT2D eigenvalue weighted by Crippen LogP contribution is -2.13. The van der Waals surface area contributed by atoms with Crippen LogP contribution in [0.25, 0.3) is 0 Å². The molecule has 1 aromatic carbocycles. The van der Waals surface area contributed by atoms with Crippen LogP contribution >= 0.6 is 11.3 Å². The second-order valence-corrected chi connectivity index (χ2v) is 5.58. The lowest BCUT2D eigenvalue weighted by atomic mass is 10.1. The molecule has 2 aromatic rings. The molecule has 0 saturated carbocycles. The zero-order chi connectivity index (χ0) is 14.6. The fourth-order valence-electron chi connectivity index (χ4n) is 1.76. The Morgan fingerprint density at radius 2 is 2.05 bits per heavy atom. The molecule has 2 nitrogen and oxygen atoms in total. The third-order valence-electron chi connectivity index (χ3n) is 2.81. The predicted molar refractivity (Wildman–Crippen MR) is 73.5 cm³/mol. The van der Waals surface area contributed by atoms with Crippen molar-refractivity contribution in [1.82, 2.24) is 10.3 Å². The molecule has 1 aromatic heterocycles. The molecule has 0 aliphatic rings. The molecule has 0 fully saturated rings. The number of aromatic nitrogens is 1. The summed E-state index contributed by atoms with van der Waals surface area (Å²) in [6.07, 6.45) is -1.50. The van der Waals surface area contributed by atoms with E-state index in [2.05, 4.69) is 17.2 Å². The summed E-state index contributed by atoms with van der Waals surface area (Å²) in [6.45, 7) is 3.03. The van der Waals surface area contributed by atoms with Gasteiger partial charge in [0.15, 0.2) is 0 Å². The Kier molecular flexibility index (Phi) is 4.77. The van der Waals surface area contributed by atoms with E-state index in [-0.39, 0.29) is 0 Å². The van der Waals surface area contributed by atoms with E-state index in [1.54, 1.807) is 17.4 Å². The van der Waals surface area contributed by atoms with Gasteiger partial charge in [0.25, 0.3) is 0 Å². The van der Waals surface area contributed by atoms with Crippen molar-refractivity contribution in [3.8, 4) is 0 Å². The van der Waals surface area contributed by atoms with Gasteiger partial charge in [-0.3, -0.25) is 0 Å². The minimum Gasteiger partial charge on any atom is -0.306 e. The second-order valence-electron chi connectivity index (χ2n) is 4.38. The first-order valence-corrected chi connectivity index (χ1v) is 7.11. The number of nitrogens with one attached hydrogen (secondary N) is 1. The number of thiazole rings is 1. The Labute approximate surface area is 119 Å². The SMILES string of the molecule is CCc1cnc(CNCc2cccc(C(F)(F)F)c2)s1. The van der Waals surface area contributed by atoms with Gasteiger partial charge in [-0.2, -0.15) is 13.2 Å². The largest absolute Gasteiger partial charge is 0.416 e. The van der Waals surface area contributed by atoms with Crippen LogP contribution in [-0.2, 0) is 25.7 Å². The maximum Gasteiger partial charge on any atom is 0.416 e. The molecule has 0 spiro atoms. The number of aryl methyl sites for hydroxylation is 1. The Morgan fingerprint density at radius 3 is 2.70 bits per heavy atom.